The van der Waals surface area contributed by atoms with Crippen molar-refractivity contribution in [1.29, 1.82) is 0 Å². The maximum atomic E-state index is 12.5. The highest BCUT2D eigenvalue weighted by molar-refractivity contribution is 5.94. The Morgan fingerprint density at radius 3 is 2.32 bits per heavy atom. The number of methoxy groups -OCH3 is 2. The highest BCUT2D eigenvalue weighted by atomic mass is 16.5. The van der Waals surface area contributed by atoms with Gasteiger partial charge in [0.15, 0.2) is 0 Å². The van der Waals surface area contributed by atoms with Gasteiger partial charge in [0.25, 0.3) is 5.91 Å². The van der Waals surface area contributed by atoms with Gasteiger partial charge in [-0.1, -0.05) is 38.5 Å². The standard InChI is InChI=1S/C21H29N5O2.C6H12.C4H9NO2/c1-4-22-20-11-18(24-15(2)25-20)12-23-21(27)17-5-7-19(8-6-17)26-10-9-16(13-26)14-28-3;1-2-4-6-5-3-1;1-7-3-2-5-4-6/h5-8,11,16H,4,9-10,12-14H2,1-3H3,(H,23,27)(H,22,24,25);1-6H2;4H,2-3H2,1H3,(H,5,6). The predicted molar refractivity (Wildman–Crippen MR) is 164 cm³/mol. The molecule has 1 aromatic heterocycles. The van der Waals surface area contributed by atoms with E-state index < -0.39 is 0 Å². The molecule has 41 heavy (non-hydrogen) atoms. The zero-order chi connectivity index (χ0) is 29.7. The molecular weight excluding hydrogens is 520 g/mol. The molecule has 3 N–H and O–H groups in total. The number of carbonyl (C=O) groups is 2. The van der Waals surface area contributed by atoms with E-state index in [2.05, 4.69) is 35.6 Å². The molecule has 2 aliphatic rings. The predicted octanol–water partition coefficient (Wildman–Crippen LogP) is 4.34. The lowest BCUT2D eigenvalue weighted by Gasteiger charge is -2.19. The lowest BCUT2D eigenvalue weighted by atomic mass is 10.0. The number of aromatic nitrogens is 2. The first-order valence-corrected chi connectivity index (χ1v) is 14.9. The molecule has 0 radical (unpaired) electrons. The van der Waals surface area contributed by atoms with Crippen molar-refractivity contribution >= 4 is 23.8 Å². The van der Waals surface area contributed by atoms with Crippen LogP contribution in [0, 0.1) is 12.8 Å². The third-order valence-electron chi connectivity index (χ3n) is 6.90. The van der Waals surface area contributed by atoms with Crippen LogP contribution in [-0.2, 0) is 20.8 Å². The first-order chi connectivity index (χ1) is 20.0. The molecule has 2 fully saturated rings. The van der Waals surface area contributed by atoms with E-state index in [4.69, 9.17) is 4.74 Å². The number of hydrogen-bond donors (Lipinski definition) is 3. The molecule has 1 aliphatic heterocycles. The highest BCUT2D eigenvalue weighted by Crippen LogP contribution is 2.24. The zero-order valence-corrected chi connectivity index (χ0v) is 25.4. The third kappa shape index (κ3) is 13.8. The molecule has 10 heteroatoms. The monoisotopic (exact) mass is 570 g/mol. The van der Waals surface area contributed by atoms with E-state index >= 15 is 0 Å². The Hall–Kier alpha value is -3.24. The molecule has 0 bridgehead atoms. The Morgan fingerprint density at radius 2 is 1.73 bits per heavy atom. The Morgan fingerprint density at radius 1 is 1.05 bits per heavy atom. The van der Waals surface area contributed by atoms with Gasteiger partial charge in [-0.3, -0.25) is 9.59 Å². The van der Waals surface area contributed by atoms with Crippen molar-refractivity contribution in [2.24, 2.45) is 5.92 Å². The summed E-state index contributed by atoms with van der Waals surface area (Å²) in [5.74, 6) is 1.94. The van der Waals surface area contributed by atoms with Crippen molar-refractivity contribution in [3.8, 4) is 0 Å². The number of rotatable bonds is 12. The van der Waals surface area contributed by atoms with E-state index in [-0.39, 0.29) is 5.91 Å². The molecule has 1 aromatic carbocycles. The maximum Gasteiger partial charge on any atom is 0.251 e. The summed E-state index contributed by atoms with van der Waals surface area (Å²) in [7, 11) is 3.34. The lowest BCUT2D eigenvalue weighted by molar-refractivity contribution is -0.109. The molecule has 1 aliphatic carbocycles. The Kier molecular flexibility index (Phi) is 17.1. The van der Waals surface area contributed by atoms with Gasteiger partial charge in [0.1, 0.15) is 11.6 Å². The summed E-state index contributed by atoms with van der Waals surface area (Å²) >= 11 is 0. The molecule has 1 atom stereocenters. The number of amides is 2. The molecule has 2 amide bonds. The van der Waals surface area contributed by atoms with Gasteiger partial charge in [-0.15, -0.1) is 0 Å². The number of hydrogen-bond acceptors (Lipinski definition) is 8. The number of nitrogens with one attached hydrogen (secondary N) is 3. The van der Waals surface area contributed by atoms with Crippen molar-refractivity contribution in [2.75, 3.05) is 63.8 Å². The van der Waals surface area contributed by atoms with Crippen LogP contribution in [0.5, 0.6) is 0 Å². The third-order valence-corrected chi connectivity index (χ3v) is 6.90. The molecule has 1 unspecified atom stereocenters. The average molecular weight is 571 g/mol. The summed E-state index contributed by atoms with van der Waals surface area (Å²) in [4.78, 5) is 33.1. The van der Waals surface area contributed by atoms with Crippen LogP contribution in [0.15, 0.2) is 30.3 Å². The van der Waals surface area contributed by atoms with Crippen LogP contribution in [0.3, 0.4) is 0 Å². The maximum absolute atomic E-state index is 12.5. The summed E-state index contributed by atoms with van der Waals surface area (Å²) in [6, 6.07) is 9.65. The van der Waals surface area contributed by atoms with Gasteiger partial charge in [-0.05, 0) is 44.5 Å². The van der Waals surface area contributed by atoms with Gasteiger partial charge in [0.2, 0.25) is 6.41 Å². The lowest BCUT2D eigenvalue weighted by Crippen LogP contribution is -2.24. The van der Waals surface area contributed by atoms with E-state index in [1.807, 2.05) is 44.2 Å². The van der Waals surface area contributed by atoms with Crippen LogP contribution in [0.4, 0.5) is 11.5 Å². The first-order valence-electron chi connectivity index (χ1n) is 14.9. The van der Waals surface area contributed by atoms with Gasteiger partial charge in [-0.25, -0.2) is 9.97 Å². The Balaban J connectivity index is 0.000000372. The molecule has 4 rings (SSSR count). The van der Waals surface area contributed by atoms with Gasteiger partial charge in [0.05, 0.1) is 25.5 Å². The molecule has 1 saturated carbocycles. The van der Waals surface area contributed by atoms with Crippen LogP contribution >= 0.6 is 0 Å². The summed E-state index contributed by atoms with van der Waals surface area (Å²) in [6.07, 6.45) is 10.8. The van der Waals surface area contributed by atoms with Crippen molar-refractivity contribution in [3.05, 3.63) is 47.4 Å². The summed E-state index contributed by atoms with van der Waals surface area (Å²) in [6.45, 7) is 9.03. The Bertz CT molecular complexity index is 989. The molecule has 228 valence electrons. The first kappa shape index (κ1) is 34.0. The minimum absolute atomic E-state index is 0.105. The fourth-order valence-electron chi connectivity index (χ4n) is 4.81. The molecule has 1 saturated heterocycles. The number of aryl methyl sites for hydroxylation is 1. The second-order valence-electron chi connectivity index (χ2n) is 10.3. The van der Waals surface area contributed by atoms with Gasteiger partial charge >= 0.3 is 0 Å². The molecule has 10 nitrogen and oxygen atoms in total. The van der Waals surface area contributed by atoms with Crippen LogP contribution in [0.25, 0.3) is 0 Å². The average Bonchev–Trinajstić information content (AvgIpc) is 3.47. The minimum atomic E-state index is -0.105. The molecule has 2 aromatic rings. The van der Waals surface area contributed by atoms with Crippen molar-refractivity contribution in [3.63, 3.8) is 0 Å². The fraction of sp³-hybridized carbons (Fsp3) is 0.613. The van der Waals surface area contributed by atoms with Crippen LogP contribution in [0.1, 0.15) is 73.7 Å². The Labute approximate surface area is 246 Å². The van der Waals surface area contributed by atoms with Crippen LogP contribution in [0.2, 0.25) is 0 Å². The van der Waals surface area contributed by atoms with Crippen LogP contribution in [-0.4, -0.2) is 75.9 Å². The van der Waals surface area contributed by atoms with E-state index in [1.54, 1.807) is 14.2 Å². The van der Waals surface area contributed by atoms with Gasteiger partial charge in [0, 0.05) is 63.6 Å². The number of carbonyl (C=O) groups excluding carboxylic acids is 2. The molecule has 0 spiro atoms. The van der Waals surface area contributed by atoms with E-state index in [1.165, 1.54) is 38.5 Å². The number of anilines is 2. The summed E-state index contributed by atoms with van der Waals surface area (Å²) in [5.41, 5.74) is 2.58. The number of nitrogens with zero attached hydrogens (tertiary/aromatic N) is 3. The van der Waals surface area contributed by atoms with Crippen molar-refractivity contribution in [2.45, 2.75) is 65.3 Å². The zero-order valence-electron chi connectivity index (χ0n) is 25.4. The van der Waals surface area contributed by atoms with Crippen molar-refractivity contribution in [1.82, 2.24) is 20.6 Å². The molecular formula is C31H50N6O4. The van der Waals surface area contributed by atoms with Gasteiger partial charge < -0.3 is 30.3 Å². The number of ether oxygens (including phenoxy) is 2. The van der Waals surface area contributed by atoms with Gasteiger partial charge in [-0.2, -0.15) is 0 Å². The van der Waals surface area contributed by atoms with E-state index in [0.717, 1.165) is 49.9 Å². The summed E-state index contributed by atoms with van der Waals surface area (Å²) in [5, 5.41) is 8.56. The van der Waals surface area contributed by atoms with E-state index in [0.29, 0.717) is 43.4 Å². The molecule has 2 heterocycles. The fourth-order valence-corrected chi connectivity index (χ4v) is 4.81. The quantitative estimate of drug-likeness (QED) is 0.255. The van der Waals surface area contributed by atoms with Crippen LogP contribution < -0.4 is 20.9 Å². The largest absolute Gasteiger partial charge is 0.384 e. The van der Waals surface area contributed by atoms with E-state index in [9.17, 15) is 9.59 Å². The normalized spacial score (nSPS) is 16.0. The second-order valence-corrected chi connectivity index (χ2v) is 10.3. The topological polar surface area (TPSA) is 118 Å². The summed E-state index contributed by atoms with van der Waals surface area (Å²) < 4.78 is 9.88. The second kappa shape index (κ2) is 20.6. The minimum Gasteiger partial charge on any atom is -0.384 e. The number of benzene rings is 1. The SMILES string of the molecule is C1CCCCC1.CCNc1cc(CNC(=O)c2ccc(N3CCC(COC)C3)cc2)nc(C)n1.COCCNC=O. The van der Waals surface area contributed by atoms with Crippen molar-refractivity contribution < 1.29 is 19.1 Å². The smallest absolute Gasteiger partial charge is 0.251 e. The highest BCUT2D eigenvalue weighted by Gasteiger charge is 2.22.